The van der Waals surface area contributed by atoms with Crippen LogP contribution in [0, 0.1) is 23.2 Å². The zero-order valence-electron chi connectivity index (χ0n) is 14.8. The fraction of sp³-hybridized carbons (Fsp3) is 0.318. The summed E-state index contributed by atoms with van der Waals surface area (Å²) in [7, 11) is 0. The predicted octanol–water partition coefficient (Wildman–Crippen LogP) is 3.93. The van der Waals surface area contributed by atoms with E-state index in [-0.39, 0.29) is 18.3 Å². The van der Waals surface area contributed by atoms with Crippen molar-refractivity contribution in [3.63, 3.8) is 0 Å². The van der Waals surface area contributed by atoms with Crippen molar-refractivity contribution in [2.75, 3.05) is 6.61 Å². The molecule has 1 atom stereocenters. The number of ether oxygens (including phenoxy) is 1. The molecule has 1 aliphatic carbocycles. The lowest BCUT2D eigenvalue weighted by Gasteiger charge is -2.15. The number of Topliss-reactive ketones (excluding diaryl/α,β-unsaturated/α-hetero) is 1. The fourth-order valence-corrected chi connectivity index (χ4v) is 3.08. The zero-order chi connectivity index (χ0) is 18.5. The van der Waals surface area contributed by atoms with E-state index in [1.165, 1.54) is 0 Å². The maximum absolute atomic E-state index is 12.5. The first-order valence-electron chi connectivity index (χ1n) is 8.92. The Bertz CT molecular complexity index is 844. The molecule has 0 aromatic heterocycles. The molecule has 0 heterocycles. The average Bonchev–Trinajstić information content (AvgIpc) is 3.51. The summed E-state index contributed by atoms with van der Waals surface area (Å²) in [6.07, 6.45) is 2.10. The van der Waals surface area contributed by atoms with Gasteiger partial charge in [0, 0.05) is 5.92 Å². The molecule has 0 radical (unpaired) electrons. The average molecular weight is 347 g/mol. The molecule has 0 spiro atoms. The van der Waals surface area contributed by atoms with Gasteiger partial charge >= 0.3 is 5.97 Å². The van der Waals surface area contributed by atoms with E-state index in [4.69, 9.17) is 4.74 Å². The molecule has 0 saturated heterocycles. The van der Waals surface area contributed by atoms with E-state index in [9.17, 15) is 14.9 Å². The van der Waals surface area contributed by atoms with Gasteiger partial charge < -0.3 is 4.74 Å². The van der Waals surface area contributed by atoms with Crippen molar-refractivity contribution in [2.24, 2.45) is 11.8 Å². The Kier molecular flexibility index (Phi) is 5.48. The molecule has 1 fully saturated rings. The topological polar surface area (TPSA) is 67.2 Å². The summed E-state index contributed by atoms with van der Waals surface area (Å²) in [5.41, 5.74) is 3.34. The number of carbonyl (C=O) groups is 2. The van der Waals surface area contributed by atoms with Crippen molar-refractivity contribution in [3.05, 3.63) is 59.7 Å². The van der Waals surface area contributed by atoms with Gasteiger partial charge in [0.2, 0.25) is 0 Å². The van der Waals surface area contributed by atoms with Crippen LogP contribution in [0.5, 0.6) is 0 Å². The van der Waals surface area contributed by atoms with Crippen LogP contribution in [0.4, 0.5) is 0 Å². The monoisotopic (exact) mass is 347 g/mol. The Morgan fingerprint density at radius 1 is 1.15 bits per heavy atom. The third kappa shape index (κ3) is 4.00. The molecule has 26 heavy (non-hydrogen) atoms. The molecule has 132 valence electrons. The number of benzene rings is 2. The lowest BCUT2D eigenvalue weighted by atomic mass is 9.91. The lowest BCUT2D eigenvalue weighted by molar-refractivity contribution is -0.151. The highest BCUT2D eigenvalue weighted by atomic mass is 16.5. The summed E-state index contributed by atoms with van der Waals surface area (Å²) in [6, 6.07) is 17.3. The third-order valence-corrected chi connectivity index (χ3v) is 4.65. The molecular formula is C22H21NO3. The standard InChI is InChI=1S/C22H21NO3/c1-2-26-22(25)20(21(24)17-11-12-17)13-15-7-9-16(10-8-15)19-6-4-3-5-18(19)14-23/h3-10,17,20H,2,11-13H2,1H3. The van der Waals surface area contributed by atoms with Crippen LogP contribution in [0.25, 0.3) is 11.1 Å². The van der Waals surface area contributed by atoms with Crippen molar-refractivity contribution in [1.82, 2.24) is 0 Å². The van der Waals surface area contributed by atoms with E-state index in [0.717, 1.165) is 29.5 Å². The van der Waals surface area contributed by atoms with Gasteiger partial charge in [-0.05, 0) is 48.9 Å². The normalized spacial score (nSPS) is 14.3. The van der Waals surface area contributed by atoms with Crippen LogP contribution in [0.3, 0.4) is 0 Å². The van der Waals surface area contributed by atoms with E-state index in [1.54, 1.807) is 13.0 Å². The summed E-state index contributed by atoms with van der Waals surface area (Å²) in [5.74, 6) is -1.13. The van der Waals surface area contributed by atoms with E-state index in [2.05, 4.69) is 6.07 Å². The van der Waals surface area contributed by atoms with E-state index in [0.29, 0.717) is 12.0 Å². The third-order valence-electron chi connectivity index (χ3n) is 4.65. The molecule has 2 aromatic carbocycles. The second-order valence-corrected chi connectivity index (χ2v) is 6.54. The van der Waals surface area contributed by atoms with Crippen LogP contribution in [-0.4, -0.2) is 18.4 Å². The number of rotatable bonds is 7. The van der Waals surface area contributed by atoms with Gasteiger partial charge in [-0.3, -0.25) is 9.59 Å². The van der Waals surface area contributed by atoms with Crippen molar-refractivity contribution in [1.29, 1.82) is 5.26 Å². The highest BCUT2D eigenvalue weighted by Crippen LogP contribution is 2.34. The van der Waals surface area contributed by atoms with Crippen molar-refractivity contribution >= 4 is 11.8 Å². The summed E-state index contributed by atoms with van der Waals surface area (Å²) in [5, 5.41) is 9.24. The Balaban J connectivity index is 1.79. The molecular weight excluding hydrogens is 326 g/mol. The summed E-state index contributed by atoms with van der Waals surface area (Å²) >= 11 is 0. The Hall–Kier alpha value is -2.93. The highest BCUT2D eigenvalue weighted by Gasteiger charge is 2.38. The first-order valence-corrected chi connectivity index (χ1v) is 8.92. The molecule has 4 heteroatoms. The fourth-order valence-electron chi connectivity index (χ4n) is 3.08. The summed E-state index contributed by atoms with van der Waals surface area (Å²) in [6.45, 7) is 2.02. The van der Waals surface area contributed by atoms with Gasteiger partial charge in [-0.1, -0.05) is 42.5 Å². The highest BCUT2D eigenvalue weighted by molar-refractivity contribution is 6.01. The smallest absolute Gasteiger partial charge is 0.316 e. The number of carbonyl (C=O) groups excluding carboxylic acids is 2. The first-order chi connectivity index (χ1) is 12.6. The first kappa shape index (κ1) is 17.9. The van der Waals surface area contributed by atoms with Crippen molar-refractivity contribution in [2.45, 2.75) is 26.2 Å². The number of nitrogens with zero attached hydrogens (tertiary/aromatic N) is 1. The van der Waals surface area contributed by atoms with Gasteiger partial charge in [0.15, 0.2) is 5.78 Å². The van der Waals surface area contributed by atoms with Crippen molar-refractivity contribution < 1.29 is 14.3 Å². The molecule has 0 N–H and O–H groups in total. The van der Waals surface area contributed by atoms with Crippen LogP contribution in [-0.2, 0) is 20.7 Å². The number of esters is 1. The molecule has 3 rings (SSSR count). The summed E-state index contributed by atoms with van der Waals surface area (Å²) in [4.78, 5) is 24.7. The lowest BCUT2D eigenvalue weighted by Crippen LogP contribution is -2.29. The van der Waals surface area contributed by atoms with E-state index in [1.807, 2.05) is 42.5 Å². The minimum atomic E-state index is -0.723. The molecule has 2 aromatic rings. The Morgan fingerprint density at radius 3 is 2.46 bits per heavy atom. The van der Waals surface area contributed by atoms with Gasteiger partial charge in [0.1, 0.15) is 5.92 Å². The zero-order valence-corrected chi connectivity index (χ0v) is 14.8. The van der Waals surface area contributed by atoms with Gasteiger partial charge in [-0.15, -0.1) is 0 Å². The van der Waals surface area contributed by atoms with Gasteiger partial charge in [-0.2, -0.15) is 5.26 Å². The number of nitriles is 1. The predicted molar refractivity (Wildman–Crippen MR) is 98.2 cm³/mol. The molecule has 1 saturated carbocycles. The van der Waals surface area contributed by atoms with Gasteiger partial charge in [-0.25, -0.2) is 0 Å². The number of hydrogen-bond acceptors (Lipinski definition) is 4. The van der Waals surface area contributed by atoms with Crippen LogP contribution in [0.2, 0.25) is 0 Å². The molecule has 0 bridgehead atoms. The quantitative estimate of drug-likeness (QED) is 0.562. The molecule has 0 aliphatic heterocycles. The number of ketones is 1. The Morgan fingerprint density at radius 2 is 1.85 bits per heavy atom. The summed E-state index contributed by atoms with van der Waals surface area (Å²) < 4.78 is 5.10. The molecule has 1 aliphatic rings. The molecule has 4 nitrogen and oxygen atoms in total. The van der Waals surface area contributed by atoms with Crippen LogP contribution >= 0.6 is 0 Å². The second kappa shape index (κ2) is 7.97. The minimum Gasteiger partial charge on any atom is -0.465 e. The van der Waals surface area contributed by atoms with E-state index < -0.39 is 11.9 Å². The molecule has 1 unspecified atom stereocenters. The maximum atomic E-state index is 12.5. The number of hydrogen-bond donors (Lipinski definition) is 0. The maximum Gasteiger partial charge on any atom is 0.316 e. The van der Waals surface area contributed by atoms with Gasteiger partial charge in [0.25, 0.3) is 0 Å². The largest absolute Gasteiger partial charge is 0.465 e. The van der Waals surface area contributed by atoms with Crippen LogP contribution < -0.4 is 0 Å². The van der Waals surface area contributed by atoms with Crippen LogP contribution in [0.1, 0.15) is 30.9 Å². The van der Waals surface area contributed by atoms with E-state index >= 15 is 0 Å². The minimum absolute atomic E-state index is 0.00218. The Labute approximate surface area is 153 Å². The second-order valence-electron chi connectivity index (χ2n) is 6.54. The van der Waals surface area contributed by atoms with Crippen LogP contribution in [0.15, 0.2) is 48.5 Å². The molecule has 0 amide bonds. The SMILES string of the molecule is CCOC(=O)C(Cc1ccc(-c2ccccc2C#N)cc1)C(=O)C1CC1. The van der Waals surface area contributed by atoms with Gasteiger partial charge in [0.05, 0.1) is 18.2 Å². The van der Waals surface area contributed by atoms with Crippen molar-refractivity contribution in [3.8, 4) is 17.2 Å².